The Kier molecular flexibility index (Phi) is 4.15. The Bertz CT molecular complexity index is 363. The number of aliphatic hydroxyl groups excluding tert-OH is 1. The molecule has 4 atom stereocenters. The Labute approximate surface area is 119 Å². The number of methoxy groups -OCH3 is 1. The van der Waals surface area contributed by atoms with Gasteiger partial charge in [0.25, 0.3) is 0 Å². The number of aliphatic hydroxyl groups is 1. The van der Waals surface area contributed by atoms with Gasteiger partial charge in [0.15, 0.2) is 5.79 Å². The molecule has 2 saturated carbocycles. The van der Waals surface area contributed by atoms with Gasteiger partial charge in [0.2, 0.25) is 0 Å². The molecule has 1 N–H and O–H groups in total. The lowest BCUT2D eigenvalue weighted by Crippen LogP contribution is -2.49. The van der Waals surface area contributed by atoms with Gasteiger partial charge in [-0.1, -0.05) is 13.0 Å². The van der Waals surface area contributed by atoms with Crippen LogP contribution in [0.4, 0.5) is 0 Å². The van der Waals surface area contributed by atoms with E-state index in [1.165, 1.54) is 6.42 Å². The smallest absolute Gasteiger partial charge is 0.169 e. The molecule has 5 nitrogen and oxygen atoms in total. The molecular formula is C15H24O5. The van der Waals surface area contributed by atoms with Crippen molar-refractivity contribution in [3.05, 3.63) is 12.2 Å². The zero-order chi connectivity index (χ0) is 14.2. The van der Waals surface area contributed by atoms with E-state index in [0.29, 0.717) is 6.42 Å². The first-order chi connectivity index (χ1) is 9.65. The number of fused-ring (bicyclic) bond motifs is 1. The van der Waals surface area contributed by atoms with Crippen LogP contribution in [-0.2, 0) is 18.9 Å². The third-order valence-corrected chi connectivity index (χ3v) is 4.56. The maximum Gasteiger partial charge on any atom is 0.169 e. The van der Waals surface area contributed by atoms with E-state index in [1.54, 1.807) is 7.11 Å². The van der Waals surface area contributed by atoms with E-state index in [9.17, 15) is 5.11 Å². The summed E-state index contributed by atoms with van der Waals surface area (Å²) in [6.07, 6.45) is 4.32. The van der Waals surface area contributed by atoms with Crippen LogP contribution >= 0.6 is 0 Å². The third kappa shape index (κ3) is 2.53. The van der Waals surface area contributed by atoms with Crippen molar-refractivity contribution in [2.75, 3.05) is 13.9 Å². The normalized spacial score (nSPS) is 40.0. The van der Waals surface area contributed by atoms with Crippen molar-refractivity contribution < 1.29 is 24.1 Å². The standard InChI is InChI=1S/C15H24O5/c1-10-8-11(16)13-14(12(10)18-9-17-2)20-15(19-13)6-4-3-5-7-15/h11-14,16H,1,3-9H2,2H3/t11-,12+,13+,14-/m1/s1. The zero-order valence-corrected chi connectivity index (χ0v) is 12.0. The van der Waals surface area contributed by atoms with Crippen LogP contribution in [0.1, 0.15) is 38.5 Å². The van der Waals surface area contributed by atoms with Gasteiger partial charge in [0.1, 0.15) is 25.1 Å². The highest BCUT2D eigenvalue weighted by atomic mass is 16.8. The molecule has 0 aromatic heterocycles. The molecule has 1 heterocycles. The second-order valence-corrected chi connectivity index (χ2v) is 6.06. The van der Waals surface area contributed by atoms with Gasteiger partial charge in [-0.3, -0.25) is 0 Å². The summed E-state index contributed by atoms with van der Waals surface area (Å²) in [5, 5.41) is 10.3. The number of hydrogen-bond acceptors (Lipinski definition) is 5. The second kappa shape index (κ2) is 5.73. The van der Waals surface area contributed by atoms with Gasteiger partial charge >= 0.3 is 0 Å². The van der Waals surface area contributed by atoms with Gasteiger partial charge in [-0.15, -0.1) is 0 Å². The molecule has 3 rings (SSSR count). The van der Waals surface area contributed by atoms with Crippen molar-refractivity contribution in [2.24, 2.45) is 0 Å². The topological polar surface area (TPSA) is 57.2 Å². The van der Waals surface area contributed by atoms with E-state index >= 15 is 0 Å². The summed E-state index contributed by atoms with van der Waals surface area (Å²) < 4.78 is 23.0. The molecule has 5 heteroatoms. The zero-order valence-electron chi connectivity index (χ0n) is 12.0. The average Bonchev–Trinajstić information content (AvgIpc) is 2.79. The SMILES string of the molecule is C=C1C[C@@H](O)[C@@H]2OC3(CCCCC3)O[C@@H]2[C@H]1OCOC. The maximum absolute atomic E-state index is 10.3. The summed E-state index contributed by atoms with van der Waals surface area (Å²) in [6.45, 7) is 4.21. The van der Waals surface area contributed by atoms with Crippen LogP contribution in [0.25, 0.3) is 0 Å². The van der Waals surface area contributed by atoms with E-state index in [2.05, 4.69) is 6.58 Å². The summed E-state index contributed by atoms with van der Waals surface area (Å²) in [7, 11) is 1.59. The molecule has 0 amide bonds. The first-order valence-electron chi connectivity index (χ1n) is 7.47. The number of hydrogen-bond donors (Lipinski definition) is 1. The number of ether oxygens (including phenoxy) is 4. The van der Waals surface area contributed by atoms with Crippen LogP contribution in [-0.4, -0.2) is 49.2 Å². The van der Waals surface area contributed by atoms with Crippen molar-refractivity contribution in [2.45, 2.75) is 68.7 Å². The van der Waals surface area contributed by atoms with E-state index in [1.807, 2.05) is 0 Å². The van der Waals surface area contributed by atoms with Crippen LogP contribution in [0.2, 0.25) is 0 Å². The molecule has 3 aliphatic rings. The molecule has 1 spiro atoms. The minimum atomic E-state index is -0.559. The lowest BCUT2D eigenvalue weighted by molar-refractivity contribution is -0.205. The highest BCUT2D eigenvalue weighted by molar-refractivity contribution is 5.16. The van der Waals surface area contributed by atoms with Gasteiger partial charge in [-0.05, 0) is 24.8 Å². The minimum absolute atomic E-state index is 0.194. The fraction of sp³-hybridized carbons (Fsp3) is 0.867. The fourth-order valence-electron chi connectivity index (χ4n) is 3.60. The van der Waals surface area contributed by atoms with E-state index in [4.69, 9.17) is 18.9 Å². The molecule has 0 bridgehead atoms. The highest BCUT2D eigenvalue weighted by Gasteiger charge is 2.55. The molecule has 0 radical (unpaired) electrons. The van der Waals surface area contributed by atoms with Crippen molar-refractivity contribution in [1.29, 1.82) is 0 Å². The van der Waals surface area contributed by atoms with Crippen molar-refractivity contribution >= 4 is 0 Å². The monoisotopic (exact) mass is 284 g/mol. The van der Waals surface area contributed by atoms with Gasteiger partial charge in [0.05, 0.1) is 6.10 Å². The molecule has 3 fully saturated rings. The summed E-state index contributed by atoms with van der Waals surface area (Å²) in [5.74, 6) is -0.520. The lowest BCUT2D eigenvalue weighted by atomic mass is 9.86. The number of rotatable bonds is 3. The molecule has 114 valence electrons. The Morgan fingerprint density at radius 2 is 1.95 bits per heavy atom. The van der Waals surface area contributed by atoms with E-state index in [-0.39, 0.29) is 25.1 Å². The maximum atomic E-state index is 10.3. The summed E-state index contributed by atoms with van der Waals surface area (Å²) in [4.78, 5) is 0. The molecule has 1 aliphatic heterocycles. The van der Waals surface area contributed by atoms with E-state index in [0.717, 1.165) is 31.3 Å². The van der Waals surface area contributed by atoms with Gasteiger partial charge < -0.3 is 24.1 Å². The Hall–Kier alpha value is -0.460. The van der Waals surface area contributed by atoms with Gasteiger partial charge in [-0.2, -0.15) is 0 Å². The third-order valence-electron chi connectivity index (χ3n) is 4.56. The van der Waals surface area contributed by atoms with E-state index < -0.39 is 11.9 Å². The molecule has 1 saturated heterocycles. The minimum Gasteiger partial charge on any atom is -0.390 e. The van der Waals surface area contributed by atoms with Gasteiger partial charge in [0, 0.05) is 20.0 Å². The average molecular weight is 284 g/mol. The summed E-state index contributed by atoms with van der Waals surface area (Å²) in [6, 6.07) is 0. The first-order valence-corrected chi connectivity index (χ1v) is 7.47. The van der Waals surface area contributed by atoms with Gasteiger partial charge in [-0.25, -0.2) is 0 Å². The van der Waals surface area contributed by atoms with Crippen molar-refractivity contribution in [3.63, 3.8) is 0 Å². The van der Waals surface area contributed by atoms with Crippen molar-refractivity contribution in [1.82, 2.24) is 0 Å². The molecule has 0 unspecified atom stereocenters. The van der Waals surface area contributed by atoms with Crippen LogP contribution in [0.3, 0.4) is 0 Å². The largest absolute Gasteiger partial charge is 0.390 e. The molecule has 2 aliphatic carbocycles. The Morgan fingerprint density at radius 1 is 1.25 bits per heavy atom. The van der Waals surface area contributed by atoms with Crippen LogP contribution in [0.5, 0.6) is 0 Å². The first kappa shape index (κ1) is 14.5. The lowest BCUT2D eigenvalue weighted by Gasteiger charge is -2.35. The van der Waals surface area contributed by atoms with Crippen LogP contribution < -0.4 is 0 Å². The summed E-state index contributed by atoms with van der Waals surface area (Å²) in [5.41, 5.74) is 0.854. The molecule has 0 aromatic carbocycles. The highest BCUT2D eigenvalue weighted by Crippen LogP contribution is 2.46. The van der Waals surface area contributed by atoms with Crippen molar-refractivity contribution in [3.8, 4) is 0 Å². The molecule has 0 aromatic rings. The quantitative estimate of drug-likeness (QED) is 0.632. The molecule has 20 heavy (non-hydrogen) atoms. The predicted octanol–water partition coefficient (Wildman–Crippen LogP) is 1.74. The summed E-state index contributed by atoms with van der Waals surface area (Å²) >= 11 is 0. The molecular weight excluding hydrogens is 260 g/mol. The second-order valence-electron chi connectivity index (χ2n) is 6.06. The van der Waals surface area contributed by atoms with Crippen LogP contribution in [0.15, 0.2) is 12.2 Å². The fourth-order valence-corrected chi connectivity index (χ4v) is 3.60. The Balaban J connectivity index is 1.77. The Morgan fingerprint density at radius 3 is 2.65 bits per heavy atom. The predicted molar refractivity (Wildman–Crippen MR) is 72.1 cm³/mol. The van der Waals surface area contributed by atoms with Crippen LogP contribution in [0, 0.1) is 0 Å².